The van der Waals surface area contributed by atoms with Gasteiger partial charge < -0.3 is 9.64 Å². The number of para-hydroxylation sites is 2. The van der Waals surface area contributed by atoms with Gasteiger partial charge in [-0.05, 0) is 44.4 Å². The first-order valence-electron chi connectivity index (χ1n) is 11.1. The molecule has 0 spiro atoms. The Bertz CT molecular complexity index is 1110. The molecule has 5 rings (SSSR count). The minimum absolute atomic E-state index is 0.0433. The molecule has 6 heteroatoms. The monoisotopic (exact) mass is 416 g/mol. The lowest BCUT2D eigenvalue weighted by Gasteiger charge is -2.30. The number of aromatic nitrogens is 2. The van der Waals surface area contributed by atoms with Crippen molar-refractivity contribution in [1.29, 1.82) is 0 Å². The van der Waals surface area contributed by atoms with Crippen molar-refractivity contribution in [3.05, 3.63) is 59.8 Å². The number of methoxy groups -OCH3 is 1. The molecule has 1 saturated heterocycles. The lowest BCUT2D eigenvalue weighted by molar-refractivity contribution is 0.0978. The fourth-order valence-electron chi connectivity index (χ4n) is 4.88. The fourth-order valence-corrected chi connectivity index (χ4v) is 4.88. The molecule has 1 fully saturated rings. The van der Waals surface area contributed by atoms with E-state index in [0.29, 0.717) is 17.9 Å². The lowest BCUT2D eigenvalue weighted by Crippen LogP contribution is -2.38. The molecule has 0 atom stereocenters. The number of rotatable bonds is 4. The second-order valence-electron chi connectivity index (χ2n) is 8.23. The summed E-state index contributed by atoms with van der Waals surface area (Å²) in [6.45, 7) is 5.68. The van der Waals surface area contributed by atoms with Crippen LogP contribution in [0.15, 0.2) is 48.5 Å². The average Bonchev–Trinajstić information content (AvgIpc) is 3.45. The average molecular weight is 417 g/mol. The Morgan fingerprint density at radius 2 is 1.68 bits per heavy atom. The van der Waals surface area contributed by atoms with Gasteiger partial charge in [-0.3, -0.25) is 9.69 Å². The van der Waals surface area contributed by atoms with Gasteiger partial charge in [-0.2, -0.15) is 5.10 Å². The number of fused-ring (bicyclic) bond motifs is 1. The van der Waals surface area contributed by atoms with Crippen molar-refractivity contribution in [2.24, 2.45) is 0 Å². The largest absolute Gasteiger partial charge is 0.496 e. The number of hydrogen-bond acceptors (Lipinski definition) is 4. The van der Waals surface area contributed by atoms with Crippen LogP contribution < -0.4 is 14.5 Å². The first-order valence-corrected chi connectivity index (χ1v) is 11.1. The molecular weight excluding hydrogens is 388 g/mol. The van der Waals surface area contributed by atoms with E-state index in [9.17, 15) is 4.79 Å². The summed E-state index contributed by atoms with van der Waals surface area (Å²) >= 11 is 0. The zero-order valence-corrected chi connectivity index (χ0v) is 18.2. The summed E-state index contributed by atoms with van der Waals surface area (Å²) in [4.78, 5) is 18.0. The number of benzene rings is 2. The van der Waals surface area contributed by atoms with Crippen molar-refractivity contribution in [3.63, 3.8) is 0 Å². The van der Waals surface area contributed by atoms with E-state index < -0.39 is 0 Å². The van der Waals surface area contributed by atoms with E-state index in [1.54, 1.807) is 7.11 Å². The van der Waals surface area contributed by atoms with Gasteiger partial charge >= 0.3 is 0 Å². The number of carbonyl (C=O) groups is 1. The summed E-state index contributed by atoms with van der Waals surface area (Å²) in [5.74, 6) is 1.45. The van der Waals surface area contributed by atoms with Crippen LogP contribution in [0.5, 0.6) is 5.75 Å². The standard InChI is InChI=1S/C25H28N4O2/c1-18-23(19-10-3-5-12-21(19)27-14-7-8-15-27)24-28(16-9-17-29(24)26-18)25(30)20-11-4-6-13-22(20)31-2/h3-6,10-13H,7-9,14-17H2,1-2H3. The third kappa shape index (κ3) is 3.36. The Hall–Kier alpha value is -3.28. The van der Waals surface area contributed by atoms with E-state index in [2.05, 4.69) is 29.2 Å². The maximum Gasteiger partial charge on any atom is 0.263 e. The fraction of sp³-hybridized carbons (Fsp3) is 0.360. The summed E-state index contributed by atoms with van der Waals surface area (Å²) in [6.07, 6.45) is 3.32. The van der Waals surface area contributed by atoms with Crippen molar-refractivity contribution < 1.29 is 9.53 Å². The summed E-state index contributed by atoms with van der Waals surface area (Å²) in [5.41, 5.74) is 4.99. The quantitative estimate of drug-likeness (QED) is 0.628. The number of aryl methyl sites for hydroxylation is 2. The molecule has 1 aromatic heterocycles. The highest BCUT2D eigenvalue weighted by molar-refractivity contribution is 6.10. The summed E-state index contributed by atoms with van der Waals surface area (Å²) in [5, 5.41) is 4.84. The SMILES string of the molecule is COc1ccccc1C(=O)N1CCCn2nc(C)c(-c3ccccc3N3CCCC3)c21. The van der Waals surface area contributed by atoms with Crippen molar-refractivity contribution in [3.8, 4) is 16.9 Å². The smallest absolute Gasteiger partial charge is 0.263 e. The molecule has 0 saturated carbocycles. The molecule has 2 aromatic carbocycles. The van der Waals surface area contributed by atoms with Crippen LogP contribution in [0.2, 0.25) is 0 Å². The van der Waals surface area contributed by atoms with Gasteiger partial charge in [0, 0.05) is 43.0 Å². The van der Waals surface area contributed by atoms with E-state index in [0.717, 1.165) is 48.7 Å². The number of ether oxygens (including phenoxy) is 1. The van der Waals surface area contributed by atoms with Gasteiger partial charge in [0.1, 0.15) is 11.6 Å². The first-order chi connectivity index (χ1) is 15.2. The van der Waals surface area contributed by atoms with Gasteiger partial charge in [-0.25, -0.2) is 4.68 Å². The third-order valence-corrected chi connectivity index (χ3v) is 6.31. The van der Waals surface area contributed by atoms with Crippen molar-refractivity contribution in [2.75, 3.05) is 36.5 Å². The molecule has 0 radical (unpaired) electrons. The van der Waals surface area contributed by atoms with E-state index >= 15 is 0 Å². The normalized spacial score (nSPS) is 15.8. The van der Waals surface area contributed by atoms with Crippen LogP contribution in [0.1, 0.15) is 35.3 Å². The number of hydrogen-bond donors (Lipinski definition) is 0. The molecule has 3 aromatic rings. The van der Waals surface area contributed by atoms with Crippen LogP contribution in [0.4, 0.5) is 11.5 Å². The van der Waals surface area contributed by atoms with E-state index in [1.807, 2.05) is 40.8 Å². The molecule has 0 bridgehead atoms. The third-order valence-electron chi connectivity index (χ3n) is 6.31. The maximum atomic E-state index is 13.7. The topological polar surface area (TPSA) is 50.6 Å². The predicted molar refractivity (Wildman–Crippen MR) is 123 cm³/mol. The molecule has 0 unspecified atom stereocenters. The molecule has 0 aliphatic carbocycles. The Morgan fingerprint density at radius 3 is 2.48 bits per heavy atom. The summed E-state index contributed by atoms with van der Waals surface area (Å²) in [6, 6.07) is 16.0. The molecule has 31 heavy (non-hydrogen) atoms. The van der Waals surface area contributed by atoms with Gasteiger partial charge in [0.2, 0.25) is 0 Å². The van der Waals surface area contributed by atoms with Gasteiger partial charge in [0.25, 0.3) is 5.91 Å². The lowest BCUT2D eigenvalue weighted by atomic mass is 10.0. The highest BCUT2D eigenvalue weighted by Gasteiger charge is 2.32. The molecular formula is C25H28N4O2. The van der Waals surface area contributed by atoms with Crippen molar-refractivity contribution >= 4 is 17.4 Å². The molecule has 2 aliphatic rings. The van der Waals surface area contributed by atoms with Crippen LogP contribution in [0.25, 0.3) is 11.1 Å². The molecule has 6 nitrogen and oxygen atoms in total. The molecule has 160 valence electrons. The molecule has 1 amide bonds. The van der Waals surface area contributed by atoms with Crippen LogP contribution in [0.3, 0.4) is 0 Å². The minimum Gasteiger partial charge on any atom is -0.496 e. The zero-order chi connectivity index (χ0) is 21.4. The van der Waals surface area contributed by atoms with Crippen molar-refractivity contribution in [1.82, 2.24) is 9.78 Å². The number of amides is 1. The first kappa shape index (κ1) is 19.7. The molecule has 3 heterocycles. The van der Waals surface area contributed by atoms with Gasteiger partial charge in [-0.15, -0.1) is 0 Å². The van der Waals surface area contributed by atoms with Crippen LogP contribution in [-0.4, -0.2) is 42.4 Å². The predicted octanol–water partition coefficient (Wildman–Crippen LogP) is 4.52. The zero-order valence-electron chi connectivity index (χ0n) is 18.2. The highest BCUT2D eigenvalue weighted by Crippen LogP contribution is 2.42. The summed E-state index contributed by atoms with van der Waals surface area (Å²) in [7, 11) is 1.61. The van der Waals surface area contributed by atoms with E-state index in [4.69, 9.17) is 9.84 Å². The molecule has 0 N–H and O–H groups in total. The number of nitrogens with zero attached hydrogens (tertiary/aromatic N) is 4. The van der Waals surface area contributed by atoms with E-state index in [-0.39, 0.29) is 5.91 Å². The van der Waals surface area contributed by atoms with Crippen LogP contribution >= 0.6 is 0 Å². The Balaban J connectivity index is 1.64. The van der Waals surface area contributed by atoms with Crippen LogP contribution in [-0.2, 0) is 6.54 Å². The van der Waals surface area contributed by atoms with Gasteiger partial charge in [0.15, 0.2) is 0 Å². The number of carbonyl (C=O) groups excluding carboxylic acids is 1. The summed E-state index contributed by atoms with van der Waals surface area (Å²) < 4.78 is 7.48. The number of anilines is 2. The Morgan fingerprint density at radius 1 is 0.935 bits per heavy atom. The second-order valence-corrected chi connectivity index (χ2v) is 8.23. The molecule has 2 aliphatic heterocycles. The minimum atomic E-state index is -0.0433. The van der Waals surface area contributed by atoms with Crippen LogP contribution in [0, 0.1) is 6.92 Å². The maximum absolute atomic E-state index is 13.7. The van der Waals surface area contributed by atoms with Gasteiger partial charge in [0.05, 0.1) is 18.4 Å². The Labute approximate surface area is 183 Å². The second kappa shape index (κ2) is 8.10. The van der Waals surface area contributed by atoms with Gasteiger partial charge in [-0.1, -0.05) is 30.3 Å². The van der Waals surface area contributed by atoms with E-state index in [1.165, 1.54) is 18.5 Å². The van der Waals surface area contributed by atoms with Crippen molar-refractivity contribution in [2.45, 2.75) is 32.7 Å². The highest BCUT2D eigenvalue weighted by atomic mass is 16.5. The Kier molecular flexibility index (Phi) is 5.14.